The van der Waals surface area contributed by atoms with Gasteiger partial charge in [-0.1, -0.05) is 24.3 Å². The van der Waals surface area contributed by atoms with E-state index < -0.39 is 0 Å². The van der Waals surface area contributed by atoms with Gasteiger partial charge in [-0.2, -0.15) is 4.80 Å². The van der Waals surface area contributed by atoms with Gasteiger partial charge in [0.2, 0.25) is 0 Å². The molecule has 0 N–H and O–H groups in total. The van der Waals surface area contributed by atoms with Crippen molar-refractivity contribution >= 4 is 18.1 Å². The first-order chi connectivity index (χ1) is 15.3. The average Bonchev–Trinajstić information content (AvgIpc) is 3.32. The Labute approximate surface area is 195 Å². The van der Waals surface area contributed by atoms with E-state index in [1.165, 1.54) is 12.0 Å². The summed E-state index contributed by atoms with van der Waals surface area (Å²) in [7, 11) is 1.74. The monoisotopic (exact) mass is 458 g/mol. The molecule has 3 aromatic rings. The van der Waals surface area contributed by atoms with Gasteiger partial charge in [-0.25, -0.2) is 0 Å². The predicted molar refractivity (Wildman–Crippen MR) is 127 cm³/mol. The van der Waals surface area contributed by atoms with Crippen molar-refractivity contribution in [2.75, 3.05) is 51.3 Å². The molecule has 1 aliphatic rings. The number of benzene rings is 2. The van der Waals surface area contributed by atoms with E-state index in [1.54, 1.807) is 11.9 Å². The van der Waals surface area contributed by atoms with E-state index in [1.807, 2.05) is 36.4 Å². The average molecular weight is 459 g/mol. The Bertz CT molecular complexity index is 932. The highest BCUT2D eigenvalue weighted by atomic mass is 35.5. The number of aromatic nitrogens is 4. The van der Waals surface area contributed by atoms with Crippen molar-refractivity contribution in [3.05, 3.63) is 60.4 Å². The van der Waals surface area contributed by atoms with Crippen LogP contribution in [0, 0.1) is 0 Å². The molecular formula is C23H31ClN6O2. The van der Waals surface area contributed by atoms with E-state index in [0.29, 0.717) is 6.54 Å². The Kier molecular flexibility index (Phi) is 9.13. The maximum absolute atomic E-state index is 5.95. The summed E-state index contributed by atoms with van der Waals surface area (Å²) in [6.07, 6.45) is 3.62. The topological polar surface area (TPSA) is 68.5 Å². The van der Waals surface area contributed by atoms with Gasteiger partial charge in [0.15, 0.2) is 6.33 Å². The molecule has 4 rings (SSSR count). The number of nitrogens with zero attached hydrogens (tertiary/aromatic N) is 6. The third kappa shape index (κ3) is 6.58. The van der Waals surface area contributed by atoms with Crippen LogP contribution in [0.3, 0.4) is 0 Å². The number of halogens is 1. The summed E-state index contributed by atoms with van der Waals surface area (Å²) in [4.78, 5) is 6.52. The van der Waals surface area contributed by atoms with E-state index in [0.717, 1.165) is 69.2 Å². The molecule has 2 heterocycles. The van der Waals surface area contributed by atoms with Crippen LogP contribution in [0.1, 0.15) is 18.4 Å². The van der Waals surface area contributed by atoms with Gasteiger partial charge in [-0.15, -0.1) is 22.6 Å². The quantitative estimate of drug-likeness (QED) is 0.432. The zero-order valence-corrected chi connectivity index (χ0v) is 19.3. The number of unbranched alkanes of at least 4 members (excludes halogenated alkanes) is 1. The molecule has 1 aromatic heterocycles. The van der Waals surface area contributed by atoms with Crippen molar-refractivity contribution in [2.24, 2.45) is 0 Å². The zero-order chi connectivity index (χ0) is 21.3. The van der Waals surface area contributed by atoms with Gasteiger partial charge in [0.05, 0.1) is 25.9 Å². The second-order valence-electron chi connectivity index (χ2n) is 7.67. The van der Waals surface area contributed by atoms with E-state index in [2.05, 4.69) is 37.3 Å². The second-order valence-corrected chi connectivity index (χ2v) is 7.67. The van der Waals surface area contributed by atoms with Crippen LogP contribution in [-0.4, -0.2) is 71.5 Å². The van der Waals surface area contributed by atoms with Crippen LogP contribution < -0.4 is 14.4 Å². The molecule has 1 aliphatic heterocycles. The summed E-state index contributed by atoms with van der Waals surface area (Å²) in [6, 6.07) is 16.3. The van der Waals surface area contributed by atoms with Gasteiger partial charge in [-0.05, 0) is 54.4 Å². The minimum absolute atomic E-state index is 0. The van der Waals surface area contributed by atoms with E-state index >= 15 is 0 Å². The molecule has 0 amide bonds. The van der Waals surface area contributed by atoms with Gasteiger partial charge in [0.1, 0.15) is 11.5 Å². The van der Waals surface area contributed by atoms with E-state index in [4.69, 9.17) is 9.47 Å². The summed E-state index contributed by atoms with van der Waals surface area (Å²) in [5, 5.41) is 11.7. The highest BCUT2D eigenvalue weighted by Gasteiger charge is 2.19. The highest BCUT2D eigenvalue weighted by Crippen LogP contribution is 2.28. The van der Waals surface area contributed by atoms with Crippen molar-refractivity contribution in [3.63, 3.8) is 0 Å². The van der Waals surface area contributed by atoms with Crippen molar-refractivity contribution in [1.82, 2.24) is 25.1 Å². The Morgan fingerprint density at radius 1 is 0.969 bits per heavy atom. The minimum Gasteiger partial charge on any atom is -0.495 e. The Balaban J connectivity index is 0.00000289. The molecule has 1 fully saturated rings. The number of methoxy groups -OCH3 is 1. The molecule has 32 heavy (non-hydrogen) atoms. The largest absolute Gasteiger partial charge is 0.495 e. The van der Waals surface area contributed by atoms with Crippen molar-refractivity contribution in [2.45, 2.75) is 19.4 Å². The lowest BCUT2D eigenvalue weighted by atomic mass is 10.2. The maximum atomic E-state index is 5.95. The first-order valence-corrected chi connectivity index (χ1v) is 10.8. The molecule has 8 nitrogen and oxygen atoms in total. The standard InChI is InChI=1S/C23H30N6O2.ClH/c1-30-23-10-3-2-9-22(23)28-14-12-27(13-15-28)11-4-5-16-31-21-8-6-7-20(17-21)18-29-25-19-24-26-29;/h2-3,6-10,17,19H,4-5,11-16,18H2,1H3;1H. The lowest BCUT2D eigenvalue weighted by molar-refractivity contribution is 0.238. The predicted octanol–water partition coefficient (Wildman–Crippen LogP) is 3.13. The molecule has 9 heteroatoms. The smallest absolute Gasteiger partial charge is 0.162 e. The molecule has 172 valence electrons. The SMILES string of the molecule is COc1ccccc1N1CCN(CCCCOc2cccc(Cn3ncnn3)c2)CC1.Cl. The number of piperazine rings is 1. The van der Waals surface area contributed by atoms with Crippen LogP contribution in [0.15, 0.2) is 54.9 Å². The Morgan fingerprint density at radius 2 is 1.81 bits per heavy atom. The highest BCUT2D eigenvalue weighted by molar-refractivity contribution is 5.85. The van der Waals surface area contributed by atoms with Crippen LogP contribution in [0.4, 0.5) is 5.69 Å². The van der Waals surface area contributed by atoms with Crippen molar-refractivity contribution in [3.8, 4) is 11.5 Å². The van der Waals surface area contributed by atoms with Crippen LogP contribution >= 0.6 is 12.4 Å². The van der Waals surface area contributed by atoms with Crippen LogP contribution in [-0.2, 0) is 6.54 Å². The van der Waals surface area contributed by atoms with E-state index in [9.17, 15) is 0 Å². The number of rotatable bonds is 10. The van der Waals surface area contributed by atoms with Gasteiger partial charge in [0, 0.05) is 26.2 Å². The Morgan fingerprint density at radius 3 is 2.59 bits per heavy atom. The fourth-order valence-electron chi connectivity index (χ4n) is 3.89. The summed E-state index contributed by atoms with van der Waals surface area (Å²) in [5.41, 5.74) is 2.29. The van der Waals surface area contributed by atoms with Crippen LogP contribution in [0.25, 0.3) is 0 Å². The molecule has 0 radical (unpaired) electrons. The molecular weight excluding hydrogens is 428 g/mol. The van der Waals surface area contributed by atoms with Crippen LogP contribution in [0.2, 0.25) is 0 Å². The third-order valence-corrected chi connectivity index (χ3v) is 5.55. The number of anilines is 1. The van der Waals surface area contributed by atoms with Gasteiger partial charge < -0.3 is 14.4 Å². The lowest BCUT2D eigenvalue weighted by Crippen LogP contribution is -2.46. The van der Waals surface area contributed by atoms with Crippen LogP contribution in [0.5, 0.6) is 11.5 Å². The van der Waals surface area contributed by atoms with Gasteiger partial charge >= 0.3 is 0 Å². The number of hydrogen-bond acceptors (Lipinski definition) is 7. The minimum atomic E-state index is 0. The third-order valence-electron chi connectivity index (χ3n) is 5.55. The molecule has 2 aromatic carbocycles. The molecule has 0 aliphatic carbocycles. The second kappa shape index (κ2) is 12.3. The fourth-order valence-corrected chi connectivity index (χ4v) is 3.89. The summed E-state index contributed by atoms with van der Waals surface area (Å²) < 4.78 is 11.5. The maximum Gasteiger partial charge on any atom is 0.162 e. The van der Waals surface area contributed by atoms with Gasteiger partial charge in [0.25, 0.3) is 0 Å². The fraction of sp³-hybridized carbons (Fsp3) is 0.435. The molecule has 0 saturated carbocycles. The van der Waals surface area contributed by atoms with Gasteiger partial charge in [-0.3, -0.25) is 4.90 Å². The molecule has 0 bridgehead atoms. The van der Waals surface area contributed by atoms with E-state index in [-0.39, 0.29) is 12.4 Å². The summed E-state index contributed by atoms with van der Waals surface area (Å²) in [6.45, 7) is 6.66. The Hall–Kier alpha value is -2.84. The lowest BCUT2D eigenvalue weighted by Gasteiger charge is -2.36. The summed E-state index contributed by atoms with van der Waals surface area (Å²) >= 11 is 0. The molecule has 0 unspecified atom stereocenters. The van der Waals surface area contributed by atoms with Crippen molar-refractivity contribution < 1.29 is 9.47 Å². The normalized spacial score (nSPS) is 14.1. The number of tetrazole rings is 1. The summed E-state index contributed by atoms with van der Waals surface area (Å²) in [5.74, 6) is 1.85. The van der Waals surface area contributed by atoms with Crippen molar-refractivity contribution in [1.29, 1.82) is 0 Å². The molecule has 0 spiro atoms. The molecule has 1 saturated heterocycles. The first kappa shape index (κ1) is 23.8. The number of hydrogen-bond donors (Lipinski definition) is 0. The zero-order valence-electron chi connectivity index (χ0n) is 18.5. The number of ether oxygens (including phenoxy) is 2. The number of para-hydroxylation sites is 2. The first-order valence-electron chi connectivity index (χ1n) is 10.8. The molecule has 0 atom stereocenters.